The van der Waals surface area contributed by atoms with Gasteiger partial charge in [-0.15, -0.1) is 0 Å². The summed E-state index contributed by atoms with van der Waals surface area (Å²) in [5.41, 5.74) is 0.374. The molecule has 2 aromatic carbocycles. The zero-order valence-corrected chi connectivity index (χ0v) is 11.1. The molecule has 5 heteroatoms. The molecular weight excluding hydrogens is 266 g/mol. The number of aliphatic hydroxyl groups excluding tert-OH is 1. The van der Waals surface area contributed by atoms with Crippen molar-refractivity contribution in [3.05, 3.63) is 53.6 Å². The number of ether oxygens (including phenoxy) is 2. The Morgan fingerprint density at radius 2 is 1.75 bits per heavy atom. The van der Waals surface area contributed by atoms with Gasteiger partial charge in [0.15, 0.2) is 11.6 Å². The van der Waals surface area contributed by atoms with Crippen LogP contribution in [0, 0.1) is 11.6 Å². The van der Waals surface area contributed by atoms with Gasteiger partial charge < -0.3 is 14.6 Å². The van der Waals surface area contributed by atoms with E-state index in [0.29, 0.717) is 11.3 Å². The third-order valence-corrected chi connectivity index (χ3v) is 2.78. The van der Waals surface area contributed by atoms with Crippen LogP contribution >= 0.6 is 0 Å². The zero-order chi connectivity index (χ0) is 14.7. The minimum absolute atomic E-state index is 0.212. The molecule has 0 saturated carbocycles. The minimum atomic E-state index is -0.877. The summed E-state index contributed by atoms with van der Waals surface area (Å²) in [6, 6.07) is 7.76. The molecule has 0 saturated heterocycles. The van der Waals surface area contributed by atoms with Crippen LogP contribution in [-0.4, -0.2) is 12.2 Å². The van der Waals surface area contributed by atoms with Crippen LogP contribution in [0.3, 0.4) is 0 Å². The Hall–Kier alpha value is -2.14. The van der Waals surface area contributed by atoms with E-state index in [-0.39, 0.29) is 11.5 Å². The lowest BCUT2D eigenvalue weighted by atomic mass is 10.1. The smallest absolute Gasteiger partial charge is 0.165 e. The van der Waals surface area contributed by atoms with Crippen LogP contribution in [0.15, 0.2) is 36.4 Å². The fourth-order valence-electron chi connectivity index (χ4n) is 1.88. The molecule has 20 heavy (non-hydrogen) atoms. The second-order valence-corrected chi connectivity index (χ2v) is 4.22. The van der Waals surface area contributed by atoms with Crippen LogP contribution in [0.5, 0.6) is 17.2 Å². The minimum Gasteiger partial charge on any atom is -0.496 e. The van der Waals surface area contributed by atoms with E-state index in [9.17, 15) is 13.9 Å². The molecule has 0 heterocycles. The number of hydrogen-bond donors (Lipinski definition) is 1. The Bertz CT molecular complexity index is 612. The van der Waals surface area contributed by atoms with E-state index in [4.69, 9.17) is 9.47 Å². The van der Waals surface area contributed by atoms with Gasteiger partial charge >= 0.3 is 0 Å². The third-order valence-electron chi connectivity index (χ3n) is 2.78. The first-order valence-electron chi connectivity index (χ1n) is 6.00. The van der Waals surface area contributed by atoms with Gasteiger partial charge in [-0.3, -0.25) is 0 Å². The van der Waals surface area contributed by atoms with Crippen molar-refractivity contribution in [2.45, 2.75) is 13.0 Å². The van der Waals surface area contributed by atoms with Gasteiger partial charge in [-0.2, -0.15) is 0 Å². The monoisotopic (exact) mass is 280 g/mol. The lowest BCUT2D eigenvalue weighted by molar-refractivity contribution is 0.190. The summed E-state index contributed by atoms with van der Waals surface area (Å²) >= 11 is 0. The van der Waals surface area contributed by atoms with Crippen molar-refractivity contribution in [2.75, 3.05) is 7.11 Å². The second kappa shape index (κ2) is 5.88. The Morgan fingerprint density at radius 1 is 1.05 bits per heavy atom. The van der Waals surface area contributed by atoms with Crippen molar-refractivity contribution in [3.8, 4) is 17.2 Å². The van der Waals surface area contributed by atoms with Gasteiger partial charge in [0.05, 0.1) is 18.8 Å². The SMILES string of the molecule is COc1cccc(Oc2cc(F)ccc2F)c1[C@H](C)O. The van der Waals surface area contributed by atoms with Crippen molar-refractivity contribution in [1.29, 1.82) is 0 Å². The van der Waals surface area contributed by atoms with Crippen LogP contribution in [0.1, 0.15) is 18.6 Å². The zero-order valence-electron chi connectivity index (χ0n) is 11.1. The summed E-state index contributed by atoms with van der Waals surface area (Å²) in [5.74, 6) is -0.924. The first-order chi connectivity index (χ1) is 9.52. The van der Waals surface area contributed by atoms with E-state index in [1.165, 1.54) is 14.0 Å². The first-order valence-corrected chi connectivity index (χ1v) is 6.00. The van der Waals surface area contributed by atoms with Gasteiger partial charge in [-0.1, -0.05) is 6.07 Å². The van der Waals surface area contributed by atoms with Crippen LogP contribution in [0.2, 0.25) is 0 Å². The second-order valence-electron chi connectivity index (χ2n) is 4.22. The highest BCUT2D eigenvalue weighted by Crippen LogP contribution is 2.37. The number of benzene rings is 2. The fourth-order valence-corrected chi connectivity index (χ4v) is 1.88. The van der Waals surface area contributed by atoms with Crippen LogP contribution < -0.4 is 9.47 Å². The highest BCUT2D eigenvalue weighted by molar-refractivity contribution is 5.48. The Kier molecular flexibility index (Phi) is 4.20. The molecule has 1 N–H and O–H groups in total. The highest BCUT2D eigenvalue weighted by atomic mass is 19.1. The molecular formula is C15H14F2O3. The Morgan fingerprint density at radius 3 is 2.40 bits per heavy atom. The molecule has 0 bridgehead atoms. The molecule has 0 spiro atoms. The van der Waals surface area contributed by atoms with Crippen molar-refractivity contribution < 1.29 is 23.4 Å². The number of aliphatic hydroxyl groups is 1. The summed E-state index contributed by atoms with van der Waals surface area (Å²) in [5, 5.41) is 9.79. The molecule has 3 nitrogen and oxygen atoms in total. The van der Waals surface area contributed by atoms with Crippen molar-refractivity contribution in [2.24, 2.45) is 0 Å². The first kappa shape index (κ1) is 14.3. The van der Waals surface area contributed by atoms with Gasteiger partial charge in [0.25, 0.3) is 0 Å². The molecule has 106 valence electrons. The summed E-state index contributed by atoms with van der Waals surface area (Å²) in [4.78, 5) is 0. The summed E-state index contributed by atoms with van der Waals surface area (Å²) in [6.07, 6.45) is -0.877. The average molecular weight is 280 g/mol. The summed E-state index contributed by atoms with van der Waals surface area (Å²) in [6.45, 7) is 1.53. The van der Waals surface area contributed by atoms with Gasteiger partial charge in [0, 0.05) is 6.07 Å². The van der Waals surface area contributed by atoms with E-state index >= 15 is 0 Å². The van der Waals surface area contributed by atoms with Gasteiger partial charge in [-0.05, 0) is 31.2 Å². The number of halogens is 2. The molecule has 2 rings (SSSR count). The molecule has 2 aromatic rings. The number of methoxy groups -OCH3 is 1. The standard InChI is InChI=1S/C15H14F2O3/c1-9(18)15-12(19-2)4-3-5-13(15)20-14-8-10(16)6-7-11(14)17/h3-9,18H,1-2H3/t9-/m0/s1. The maximum absolute atomic E-state index is 13.6. The molecule has 0 aromatic heterocycles. The van der Waals surface area contributed by atoms with E-state index in [2.05, 4.69) is 0 Å². The van der Waals surface area contributed by atoms with Crippen LogP contribution in [0.25, 0.3) is 0 Å². The van der Waals surface area contributed by atoms with Crippen molar-refractivity contribution in [1.82, 2.24) is 0 Å². The number of rotatable bonds is 4. The molecule has 0 radical (unpaired) electrons. The largest absolute Gasteiger partial charge is 0.496 e. The molecule has 0 fully saturated rings. The van der Waals surface area contributed by atoms with E-state index in [1.807, 2.05) is 0 Å². The fraction of sp³-hybridized carbons (Fsp3) is 0.200. The molecule has 1 atom stereocenters. The average Bonchev–Trinajstić information content (AvgIpc) is 2.42. The Balaban J connectivity index is 2.45. The maximum Gasteiger partial charge on any atom is 0.165 e. The van der Waals surface area contributed by atoms with Crippen LogP contribution in [-0.2, 0) is 0 Å². The Labute approximate surface area is 115 Å². The van der Waals surface area contributed by atoms with Crippen LogP contribution in [0.4, 0.5) is 8.78 Å². The summed E-state index contributed by atoms with van der Waals surface area (Å²) in [7, 11) is 1.45. The van der Waals surface area contributed by atoms with E-state index in [0.717, 1.165) is 18.2 Å². The highest BCUT2D eigenvalue weighted by Gasteiger charge is 2.17. The number of hydrogen-bond acceptors (Lipinski definition) is 3. The van der Waals surface area contributed by atoms with E-state index < -0.39 is 17.7 Å². The predicted molar refractivity (Wildman–Crippen MR) is 70.1 cm³/mol. The quantitative estimate of drug-likeness (QED) is 0.925. The van der Waals surface area contributed by atoms with Crippen molar-refractivity contribution in [3.63, 3.8) is 0 Å². The lowest BCUT2D eigenvalue weighted by Gasteiger charge is -2.16. The van der Waals surface area contributed by atoms with E-state index in [1.54, 1.807) is 18.2 Å². The molecule has 0 aliphatic carbocycles. The maximum atomic E-state index is 13.6. The van der Waals surface area contributed by atoms with Gasteiger partial charge in [0.2, 0.25) is 0 Å². The topological polar surface area (TPSA) is 38.7 Å². The van der Waals surface area contributed by atoms with Gasteiger partial charge in [0.1, 0.15) is 17.3 Å². The lowest BCUT2D eigenvalue weighted by Crippen LogP contribution is -2.01. The molecule has 0 aliphatic rings. The van der Waals surface area contributed by atoms with Gasteiger partial charge in [-0.25, -0.2) is 8.78 Å². The van der Waals surface area contributed by atoms with Crippen molar-refractivity contribution >= 4 is 0 Å². The summed E-state index contributed by atoms with van der Waals surface area (Å²) < 4.78 is 37.2. The molecule has 0 unspecified atom stereocenters. The predicted octanol–water partition coefficient (Wildman–Crippen LogP) is 3.82. The third kappa shape index (κ3) is 2.88. The normalized spacial score (nSPS) is 12.1. The molecule has 0 aliphatic heterocycles. The molecule has 0 amide bonds.